The number of hydrogen-bond donors (Lipinski definition) is 0. The van der Waals surface area contributed by atoms with E-state index in [1.54, 1.807) is 17.7 Å². The van der Waals surface area contributed by atoms with E-state index in [-0.39, 0.29) is 0 Å². The van der Waals surface area contributed by atoms with Crippen LogP contribution in [0.5, 0.6) is 0 Å². The minimum Gasteiger partial charge on any atom is -0.316 e. The molecule has 7 heteroatoms. The van der Waals surface area contributed by atoms with Crippen molar-refractivity contribution in [2.24, 2.45) is 7.05 Å². The minimum atomic E-state index is 0.498. The van der Waals surface area contributed by atoms with E-state index in [1.807, 2.05) is 11.6 Å². The molecule has 4 aromatic rings. The molecule has 4 heterocycles. The molecule has 0 bridgehead atoms. The Morgan fingerprint density at radius 3 is 2.50 bits per heavy atom. The standard InChI is InChI=1S/C21H26N6S/c1-7-15(8-2)16-10-13(4)25-27-18(14(5)23-20(16)27)19-12(3)9-17(28-19)21-24-22-11-26(21)6/h9-11,15H,7-8H2,1-6H3. The topological polar surface area (TPSA) is 60.9 Å². The summed E-state index contributed by atoms with van der Waals surface area (Å²) in [5.74, 6) is 1.38. The number of thiophene rings is 1. The van der Waals surface area contributed by atoms with Crippen molar-refractivity contribution in [3.8, 4) is 21.3 Å². The first-order valence-corrected chi connectivity index (χ1v) is 10.6. The molecule has 0 aliphatic carbocycles. The summed E-state index contributed by atoms with van der Waals surface area (Å²) in [4.78, 5) is 7.25. The highest BCUT2D eigenvalue weighted by atomic mass is 32.1. The second-order valence-electron chi connectivity index (χ2n) is 7.42. The molecule has 4 aromatic heterocycles. The summed E-state index contributed by atoms with van der Waals surface area (Å²) in [6, 6.07) is 4.38. The molecule has 0 aliphatic rings. The molecule has 0 aliphatic heterocycles. The molecule has 6 nitrogen and oxygen atoms in total. The number of hydrogen-bond acceptors (Lipinski definition) is 5. The van der Waals surface area contributed by atoms with Gasteiger partial charge in [-0.1, -0.05) is 13.8 Å². The van der Waals surface area contributed by atoms with Crippen LogP contribution in [0.1, 0.15) is 55.1 Å². The lowest BCUT2D eigenvalue weighted by Crippen LogP contribution is -2.05. The molecule has 0 amide bonds. The Labute approximate surface area is 169 Å². The summed E-state index contributed by atoms with van der Waals surface area (Å²) in [6.45, 7) is 10.8. The average Bonchev–Trinajstić information content (AvgIpc) is 3.32. The van der Waals surface area contributed by atoms with Gasteiger partial charge in [0, 0.05) is 12.6 Å². The first kappa shape index (κ1) is 18.8. The van der Waals surface area contributed by atoms with Gasteiger partial charge in [-0.25, -0.2) is 9.50 Å². The highest BCUT2D eigenvalue weighted by molar-refractivity contribution is 7.19. The third-order valence-corrected chi connectivity index (χ3v) is 6.64. The maximum atomic E-state index is 4.95. The van der Waals surface area contributed by atoms with Gasteiger partial charge in [0.1, 0.15) is 12.0 Å². The van der Waals surface area contributed by atoms with Gasteiger partial charge in [-0.2, -0.15) is 5.10 Å². The van der Waals surface area contributed by atoms with Gasteiger partial charge >= 0.3 is 0 Å². The van der Waals surface area contributed by atoms with Crippen molar-refractivity contribution in [2.45, 2.75) is 53.4 Å². The molecule has 28 heavy (non-hydrogen) atoms. The largest absolute Gasteiger partial charge is 0.316 e. The molecule has 0 aromatic carbocycles. The third-order valence-electron chi connectivity index (χ3n) is 5.40. The first-order valence-electron chi connectivity index (χ1n) is 9.76. The van der Waals surface area contributed by atoms with Gasteiger partial charge in [0.15, 0.2) is 11.5 Å². The van der Waals surface area contributed by atoms with Gasteiger partial charge in [0.25, 0.3) is 0 Å². The maximum absolute atomic E-state index is 4.95. The predicted octanol–water partition coefficient (Wildman–Crippen LogP) is 5.08. The quantitative estimate of drug-likeness (QED) is 0.473. The van der Waals surface area contributed by atoms with Crippen LogP contribution in [-0.2, 0) is 7.05 Å². The molecule has 0 unspecified atom stereocenters. The van der Waals surface area contributed by atoms with Crippen molar-refractivity contribution in [3.05, 3.63) is 41.0 Å². The van der Waals surface area contributed by atoms with Crippen LogP contribution in [0.3, 0.4) is 0 Å². The molecule has 4 rings (SSSR count). The summed E-state index contributed by atoms with van der Waals surface area (Å²) in [5.41, 5.74) is 6.62. The summed E-state index contributed by atoms with van der Waals surface area (Å²) >= 11 is 1.73. The monoisotopic (exact) mass is 394 g/mol. The van der Waals surface area contributed by atoms with Gasteiger partial charge in [-0.15, -0.1) is 21.5 Å². The number of imidazole rings is 1. The molecular formula is C21H26N6S. The molecule has 0 spiro atoms. The Kier molecular flexibility index (Phi) is 4.79. The molecule has 0 atom stereocenters. The zero-order valence-corrected chi connectivity index (χ0v) is 18.1. The van der Waals surface area contributed by atoms with E-state index in [0.29, 0.717) is 5.92 Å². The lowest BCUT2D eigenvalue weighted by atomic mass is 9.95. The molecule has 0 radical (unpaired) electrons. The van der Waals surface area contributed by atoms with Gasteiger partial charge in [-0.05, 0) is 57.2 Å². The number of aromatic nitrogens is 6. The van der Waals surface area contributed by atoms with Crippen LogP contribution >= 0.6 is 11.3 Å². The molecule has 0 saturated carbocycles. The normalized spacial score (nSPS) is 11.8. The fraction of sp³-hybridized carbons (Fsp3) is 0.429. The van der Waals surface area contributed by atoms with E-state index in [0.717, 1.165) is 46.3 Å². The Balaban J connectivity index is 1.94. The summed E-state index contributed by atoms with van der Waals surface area (Å²) in [5, 5.41) is 13.1. The zero-order valence-electron chi connectivity index (χ0n) is 17.3. The number of rotatable bonds is 5. The van der Waals surface area contributed by atoms with Gasteiger partial charge in [-0.3, -0.25) is 0 Å². The Hall–Kier alpha value is -2.54. The SMILES string of the molecule is CCC(CC)c1cc(C)nn2c(-c3sc(-c4nncn4C)cc3C)c(C)nc12. The summed E-state index contributed by atoms with van der Waals surface area (Å²) < 4.78 is 4.00. The fourth-order valence-electron chi connectivity index (χ4n) is 3.90. The van der Waals surface area contributed by atoms with Crippen molar-refractivity contribution in [1.82, 2.24) is 29.4 Å². The van der Waals surface area contributed by atoms with E-state index in [9.17, 15) is 0 Å². The third kappa shape index (κ3) is 2.94. The average molecular weight is 395 g/mol. The van der Waals surface area contributed by atoms with E-state index < -0.39 is 0 Å². The minimum absolute atomic E-state index is 0.498. The molecular weight excluding hydrogens is 368 g/mol. The fourth-order valence-corrected chi connectivity index (χ4v) is 5.18. The lowest BCUT2D eigenvalue weighted by molar-refractivity contribution is 0.638. The Morgan fingerprint density at radius 1 is 1.11 bits per heavy atom. The van der Waals surface area contributed by atoms with Crippen molar-refractivity contribution in [2.75, 3.05) is 0 Å². The van der Waals surface area contributed by atoms with E-state index in [4.69, 9.17) is 10.1 Å². The Bertz CT molecular complexity index is 1150. The van der Waals surface area contributed by atoms with Gasteiger partial charge in [0.05, 0.1) is 21.1 Å². The van der Waals surface area contributed by atoms with Crippen molar-refractivity contribution in [1.29, 1.82) is 0 Å². The van der Waals surface area contributed by atoms with Crippen LogP contribution in [0, 0.1) is 20.8 Å². The van der Waals surface area contributed by atoms with Gasteiger partial charge < -0.3 is 4.57 Å². The highest BCUT2D eigenvalue weighted by Gasteiger charge is 2.22. The molecule has 0 fully saturated rings. The highest BCUT2D eigenvalue weighted by Crippen LogP contribution is 2.39. The van der Waals surface area contributed by atoms with Crippen LogP contribution < -0.4 is 0 Å². The summed E-state index contributed by atoms with van der Waals surface area (Å²) in [7, 11) is 1.97. The molecule has 146 valence electrons. The molecule has 0 N–H and O–H groups in total. The van der Waals surface area contributed by atoms with Gasteiger partial charge in [0.2, 0.25) is 0 Å². The predicted molar refractivity (Wildman–Crippen MR) is 114 cm³/mol. The first-order chi connectivity index (χ1) is 13.4. The van der Waals surface area contributed by atoms with Crippen LogP contribution in [0.2, 0.25) is 0 Å². The van der Waals surface area contributed by atoms with E-state index in [1.165, 1.54) is 16.0 Å². The van der Waals surface area contributed by atoms with Crippen LogP contribution in [0.4, 0.5) is 0 Å². The summed E-state index contributed by atoms with van der Waals surface area (Å²) in [6.07, 6.45) is 3.94. The Morgan fingerprint density at radius 2 is 1.86 bits per heavy atom. The zero-order chi connectivity index (χ0) is 20.0. The van der Waals surface area contributed by atoms with Crippen LogP contribution in [-0.4, -0.2) is 29.4 Å². The lowest BCUT2D eigenvalue weighted by Gasteiger charge is -2.14. The smallest absolute Gasteiger partial charge is 0.173 e. The van der Waals surface area contributed by atoms with E-state index in [2.05, 4.69) is 61.5 Å². The number of nitrogens with zero attached hydrogens (tertiary/aromatic N) is 6. The van der Waals surface area contributed by atoms with Crippen molar-refractivity contribution in [3.63, 3.8) is 0 Å². The maximum Gasteiger partial charge on any atom is 0.173 e. The molecule has 0 saturated heterocycles. The second-order valence-corrected chi connectivity index (χ2v) is 8.48. The van der Waals surface area contributed by atoms with Crippen molar-refractivity contribution >= 4 is 17.0 Å². The number of fused-ring (bicyclic) bond motifs is 1. The van der Waals surface area contributed by atoms with Crippen LogP contribution in [0.15, 0.2) is 18.5 Å². The number of aryl methyl sites for hydroxylation is 4. The second kappa shape index (κ2) is 7.13. The van der Waals surface area contributed by atoms with Crippen LogP contribution in [0.25, 0.3) is 26.9 Å². The van der Waals surface area contributed by atoms with E-state index >= 15 is 0 Å². The van der Waals surface area contributed by atoms with Crippen molar-refractivity contribution < 1.29 is 0 Å².